The Balaban J connectivity index is 3.29. The zero-order chi connectivity index (χ0) is 54.3. The first kappa shape index (κ1) is 73.6. The largest absolute Gasteiger partial charge is 0.466 e. The fourth-order valence-corrected chi connectivity index (χ4v) is 11.1. The molecular weight excluding hydrogens is 923 g/mol. The molecule has 3 N–H and O–H groups in total. The minimum Gasteiger partial charge on any atom is -0.466 e. The van der Waals surface area contributed by atoms with E-state index in [0.29, 0.717) is 25.9 Å². The van der Waals surface area contributed by atoms with Gasteiger partial charge in [-0.1, -0.05) is 341 Å². The fourth-order valence-electron chi connectivity index (χ4n) is 11.1. The van der Waals surface area contributed by atoms with Crippen molar-refractivity contribution in [3.63, 3.8) is 0 Å². The van der Waals surface area contributed by atoms with E-state index in [9.17, 15) is 19.8 Å². The Bertz CT molecular complexity index is 1130. The van der Waals surface area contributed by atoms with Gasteiger partial charge in [0.1, 0.15) is 0 Å². The molecule has 2 atom stereocenters. The summed E-state index contributed by atoms with van der Waals surface area (Å²) in [5.41, 5.74) is 0. The van der Waals surface area contributed by atoms with Crippen molar-refractivity contribution in [2.75, 3.05) is 13.2 Å². The van der Waals surface area contributed by atoms with Gasteiger partial charge in [-0.05, 0) is 51.4 Å². The highest BCUT2D eigenvalue weighted by Crippen LogP contribution is 2.19. The van der Waals surface area contributed by atoms with Crippen LogP contribution in [0.2, 0.25) is 0 Å². The number of ether oxygens (including phenoxy) is 1. The summed E-state index contributed by atoms with van der Waals surface area (Å²) in [5, 5.41) is 23.2. The van der Waals surface area contributed by atoms with Crippen molar-refractivity contribution in [2.24, 2.45) is 0 Å². The topological polar surface area (TPSA) is 95.9 Å². The van der Waals surface area contributed by atoms with Crippen LogP contribution in [0.4, 0.5) is 0 Å². The molecule has 0 aromatic heterocycles. The van der Waals surface area contributed by atoms with Crippen molar-refractivity contribution in [3.8, 4) is 0 Å². The van der Waals surface area contributed by atoms with E-state index in [2.05, 4.69) is 31.3 Å². The van der Waals surface area contributed by atoms with Gasteiger partial charge in [-0.25, -0.2) is 0 Å². The fraction of sp³-hybridized carbons (Fsp3) is 0.942. The average molecular weight is 1060 g/mol. The SMILES string of the molecule is CCCCCCCC/C=C\CCCCCCCC(=O)OCCCCCCCCCCCCCCCCCCCCCCCCCCCCCCCCCCC(=O)NC(CO)C(O)CCCCCCCCCCCCC. The first-order valence-corrected chi connectivity index (χ1v) is 34.4. The number of allylic oxidation sites excluding steroid dienone is 2. The number of unbranched alkanes of at least 4 members (excludes halogenated alkanes) is 52. The van der Waals surface area contributed by atoms with Crippen LogP contribution in [-0.4, -0.2) is 47.4 Å². The molecule has 2 unspecified atom stereocenters. The molecule has 446 valence electrons. The summed E-state index contributed by atoms with van der Waals surface area (Å²) in [6.45, 7) is 4.97. The summed E-state index contributed by atoms with van der Waals surface area (Å²) < 4.78 is 5.49. The van der Waals surface area contributed by atoms with Crippen LogP contribution in [0.25, 0.3) is 0 Å². The van der Waals surface area contributed by atoms with E-state index in [-0.39, 0.29) is 18.5 Å². The summed E-state index contributed by atoms with van der Waals surface area (Å²) in [6, 6.07) is -0.536. The molecule has 0 saturated heterocycles. The zero-order valence-corrected chi connectivity index (χ0v) is 51.1. The molecule has 0 aliphatic rings. The van der Waals surface area contributed by atoms with Crippen molar-refractivity contribution in [3.05, 3.63) is 12.2 Å². The molecule has 6 nitrogen and oxygen atoms in total. The lowest BCUT2D eigenvalue weighted by Gasteiger charge is -2.22. The number of rotatable bonds is 65. The van der Waals surface area contributed by atoms with Gasteiger partial charge in [-0.15, -0.1) is 0 Å². The molecule has 0 fully saturated rings. The number of nitrogens with one attached hydrogen (secondary N) is 1. The molecule has 75 heavy (non-hydrogen) atoms. The number of hydrogen-bond donors (Lipinski definition) is 3. The Morgan fingerprint density at radius 1 is 0.360 bits per heavy atom. The number of carbonyl (C=O) groups excluding carboxylic acids is 2. The van der Waals surface area contributed by atoms with Crippen LogP contribution in [0.3, 0.4) is 0 Å². The number of aliphatic hydroxyl groups is 2. The minimum atomic E-state index is -0.659. The number of carbonyl (C=O) groups is 2. The van der Waals surface area contributed by atoms with E-state index in [1.807, 2.05) is 0 Å². The van der Waals surface area contributed by atoms with Crippen molar-refractivity contribution in [1.29, 1.82) is 0 Å². The van der Waals surface area contributed by atoms with Gasteiger partial charge >= 0.3 is 5.97 Å². The predicted octanol–water partition coefficient (Wildman–Crippen LogP) is 22.0. The number of esters is 1. The Morgan fingerprint density at radius 2 is 0.627 bits per heavy atom. The van der Waals surface area contributed by atoms with Gasteiger partial charge in [0.15, 0.2) is 0 Å². The Hall–Kier alpha value is -1.40. The van der Waals surface area contributed by atoms with Gasteiger partial charge in [0.25, 0.3) is 0 Å². The van der Waals surface area contributed by atoms with Gasteiger partial charge in [-0.2, -0.15) is 0 Å². The van der Waals surface area contributed by atoms with Crippen LogP contribution in [0.1, 0.15) is 393 Å². The second-order valence-corrected chi connectivity index (χ2v) is 23.9. The monoisotopic (exact) mass is 1060 g/mol. The first-order chi connectivity index (χ1) is 37.0. The number of aliphatic hydroxyl groups excluding tert-OH is 2. The average Bonchev–Trinajstić information content (AvgIpc) is 3.41. The maximum atomic E-state index is 12.5. The molecule has 0 rings (SSSR count). The molecule has 0 bridgehead atoms. The van der Waals surface area contributed by atoms with Crippen LogP contribution >= 0.6 is 0 Å². The third-order valence-corrected chi connectivity index (χ3v) is 16.3. The van der Waals surface area contributed by atoms with Crippen LogP contribution in [-0.2, 0) is 14.3 Å². The van der Waals surface area contributed by atoms with Crippen LogP contribution in [0.15, 0.2) is 12.2 Å². The maximum Gasteiger partial charge on any atom is 0.305 e. The smallest absolute Gasteiger partial charge is 0.305 e. The Labute approximate surface area is 469 Å². The summed E-state index contributed by atoms with van der Waals surface area (Å²) in [4.78, 5) is 24.5. The third-order valence-electron chi connectivity index (χ3n) is 16.3. The summed E-state index contributed by atoms with van der Waals surface area (Å²) in [6.07, 6.45) is 79.8. The summed E-state index contributed by atoms with van der Waals surface area (Å²) in [5.74, 6) is -0.0154. The molecule has 6 heteroatoms. The summed E-state index contributed by atoms with van der Waals surface area (Å²) >= 11 is 0. The molecule has 1 amide bonds. The zero-order valence-electron chi connectivity index (χ0n) is 51.1. The molecule has 0 saturated carbocycles. The second kappa shape index (κ2) is 65.1. The van der Waals surface area contributed by atoms with Crippen molar-refractivity contribution in [2.45, 2.75) is 405 Å². The van der Waals surface area contributed by atoms with Gasteiger partial charge in [-0.3, -0.25) is 9.59 Å². The lowest BCUT2D eigenvalue weighted by molar-refractivity contribution is -0.143. The standard InChI is InChI=1S/C69H135NO5/c1-3-5-7-9-11-13-15-16-35-39-43-47-51-55-59-63-69(74)75-64-60-56-52-48-44-40-37-34-32-30-28-26-24-22-20-18-17-19-21-23-25-27-29-31-33-36-38-42-46-50-54-58-62-68(73)70-66(65-71)67(72)61-57-53-49-45-41-14-12-10-8-6-4-2/h16,35,66-67,71-72H,3-15,17-34,36-65H2,1-2H3,(H,70,73)/b35-16-. The van der Waals surface area contributed by atoms with E-state index < -0.39 is 12.1 Å². The van der Waals surface area contributed by atoms with E-state index in [4.69, 9.17) is 4.74 Å². The molecule has 0 aromatic rings. The van der Waals surface area contributed by atoms with Crippen molar-refractivity contribution < 1.29 is 24.5 Å². The van der Waals surface area contributed by atoms with Crippen molar-refractivity contribution in [1.82, 2.24) is 5.32 Å². The predicted molar refractivity (Wildman–Crippen MR) is 329 cm³/mol. The van der Waals surface area contributed by atoms with E-state index in [1.165, 1.54) is 315 Å². The van der Waals surface area contributed by atoms with Crippen LogP contribution in [0.5, 0.6) is 0 Å². The molecule has 0 spiro atoms. The molecular formula is C69H135NO5. The summed E-state index contributed by atoms with van der Waals surface area (Å²) in [7, 11) is 0. The molecule has 0 radical (unpaired) electrons. The highest BCUT2D eigenvalue weighted by molar-refractivity contribution is 5.76. The molecule has 0 aliphatic carbocycles. The quantitative estimate of drug-likeness (QED) is 0.0320. The third kappa shape index (κ3) is 61.7. The highest BCUT2D eigenvalue weighted by atomic mass is 16.5. The van der Waals surface area contributed by atoms with E-state index in [0.717, 1.165) is 44.9 Å². The van der Waals surface area contributed by atoms with Crippen LogP contribution in [0, 0.1) is 0 Å². The van der Waals surface area contributed by atoms with Gasteiger partial charge in [0.2, 0.25) is 5.91 Å². The molecule has 0 aliphatic heterocycles. The molecule has 0 heterocycles. The number of hydrogen-bond acceptors (Lipinski definition) is 5. The van der Waals surface area contributed by atoms with Crippen LogP contribution < -0.4 is 5.32 Å². The van der Waals surface area contributed by atoms with Gasteiger partial charge in [0.05, 0.1) is 25.4 Å². The van der Waals surface area contributed by atoms with E-state index in [1.54, 1.807) is 0 Å². The normalized spacial score (nSPS) is 12.5. The van der Waals surface area contributed by atoms with Gasteiger partial charge in [0, 0.05) is 12.8 Å². The Kier molecular flexibility index (Phi) is 63.9. The lowest BCUT2D eigenvalue weighted by Crippen LogP contribution is -2.45. The second-order valence-electron chi connectivity index (χ2n) is 23.9. The Morgan fingerprint density at radius 3 is 0.947 bits per heavy atom. The van der Waals surface area contributed by atoms with E-state index >= 15 is 0 Å². The minimum absolute atomic E-state index is 0.0139. The number of amides is 1. The lowest BCUT2D eigenvalue weighted by atomic mass is 10.0. The van der Waals surface area contributed by atoms with Gasteiger partial charge < -0.3 is 20.3 Å². The maximum absolute atomic E-state index is 12.5. The molecule has 0 aromatic carbocycles. The first-order valence-electron chi connectivity index (χ1n) is 34.4. The highest BCUT2D eigenvalue weighted by Gasteiger charge is 2.20. The van der Waals surface area contributed by atoms with Crippen molar-refractivity contribution >= 4 is 11.9 Å².